The molecule has 12 heavy (non-hydrogen) atoms. The fourth-order valence-corrected chi connectivity index (χ4v) is 0.877. The highest BCUT2D eigenvalue weighted by Gasteiger charge is 1.97. The summed E-state index contributed by atoms with van der Waals surface area (Å²) in [5.41, 5.74) is 5.76. The summed E-state index contributed by atoms with van der Waals surface area (Å²) in [6.07, 6.45) is 4.98. The second kappa shape index (κ2) is 4.95. The summed E-state index contributed by atoms with van der Waals surface area (Å²) in [5, 5.41) is 7.74. The van der Waals surface area contributed by atoms with Crippen LogP contribution in [-0.4, -0.2) is 22.1 Å². The molecule has 1 heterocycles. The van der Waals surface area contributed by atoms with Crippen LogP contribution in [-0.2, 0) is 0 Å². The first kappa shape index (κ1) is 11.2. The van der Waals surface area contributed by atoms with Crippen LogP contribution in [0.4, 0.5) is 0 Å². The molecule has 6 heteroatoms. The van der Waals surface area contributed by atoms with Gasteiger partial charge in [-0.05, 0) is 6.26 Å². The second-order valence-electron chi connectivity index (χ2n) is 1.87. The summed E-state index contributed by atoms with van der Waals surface area (Å²) in [5.74, 6) is -0.00217. The summed E-state index contributed by atoms with van der Waals surface area (Å²) in [6.45, 7) is 0. The number of hydrogen-bond donors (Lipinski definition) is 2. The Morgan fingerprint density at radius 2 is 2.00 bits per heavy atom. The largest absolute Gasteiger partial charge is 0.384 e. The summed E-state index contributed by atoms with van der Waals surface area (Å²) in [4.78, 5) is 7.90. The molecule has 0 bridgehead atoms. The van der Waals surface area contributed by atoms with E-state index in [2.05, 4.69) is 9.97 Å². The van der Waals surface area contributed by atoms with Crippen LogP contribution >= 0.6 is 24.2 Å². The Morgan fingerprint density at radius 3 is 2.33 bits per heavy atom. The molecule has 0 aliphatic rings. The fraction of sp³-hybridized carbons (Fsp3) is 0.167. The van der Waals surface area contributed by atoms with Crippen LogP contribution in [0, 0.1) is 5.41 Å². The summed E-state index contributed by atoms with van der Waals surface area (Å²) < 4.78 is 0. The predicted octanol–water partition coefficient (Wildman–Crippen LogP) is 0.904. The summed E-state index contributed by atoms with van der Waals surface area (Å²) in [7, 11) is 0. The molecular formula is C6H9ClN4S. The molecule has 3 N–H and O–H groups in total. The highest BCUT2D eigenvalue weighted by atomic mass is 35.5. The van der Waals surface area contributed by atoms with E-state index in [9.17, 15) is 0 Å². The van der Waals surface area contributed by atoms with Crippen LogP contribution in [0.25, 0.3) is 0 Å². The number of thioether (sulfide) groups is 1. The Bertz CT molecular complexity index is 261. The SMILES string of the molecule is CSc1ncc(C(=N)N)cn1.Cl. The van der Waals surface area contributed by atoms with Crippen LogP contribution in [0.2, 0.25) is 0 Å². The molecule has 0 atom stereocenters. The molecule has 0 saturated heterocycles. The Morgan fingerprint density at radius 1 is 1.50 bits per heavy atom. The summed E-state index contributed by atoms with van der Waals surface area (Å²) in [6, 6.07) is 0. The van der Waals surface area contributed by atoms with Crippen molar-refractivity contribution in [1.29, 1.82) is 5.41 Å². The molecule has 0 unspecified atom stereocenters. The topological polar surface area (TPSA) is 75.7 Å². The average Bonchev–Trinajstić information content (AvgIpc) is 2.05. The van der Waals surface area contributed by atoms with Gasteiger partial charge in [-0.3, -0.25) is 5.41 Å². The van der Waals surface area contributed by atoms with Crippen molar-refractivity contribution in [2.45, 2.75) is 5.16 Å². The molecule has 0 fully saturated rings. The quantitative estimate of drug-likeness (QED) is 0.325. The molecule has 1 aromatic heterocycles. The maximum atomic E-state index is 7.05. The lowest BCUT2D eigenvalue weighted by molar-refractivity contribution is 0.964. The molecule has 0 aromatic carbocycles. The first-order valence-corrected chi connectivity index (χ1v) is 4.17. The molecule has 0 saturated carbocycles. The molecule has 1 aromatic rings. The van der Waals surface area contributed by atoms with Gasteiger partial charge in [0.15, 0.2) is 5.16 Å². The third kappa shape index (κ3) is 2.67. The van der Waals surface area contributed by atoms with Crippen LogP contribution in [0.3, 0.4) is 0 Å². The highest BCUT2D eigenvalue weighted by molar-refractivity contribution is 7.98. The van der Waals surface area contributed by atoms with Crippen molar-refractivity contribution < 1.29 is 0 Å². The van der Waals surface area contributed by atoms with E-state index < -0.39 is 0 Å². The zero-order valence-corrected chi connectivity index (χ0v) is 8.08. The molecule has 0 aliphatic heterocycles. The Hall–Kier alpha value is -0.810. The van der Waals surface area contributed by atoms with E-state index in [-0.39, 0.29) is 18.2 Å². The molecule has 0 amide bonds. The lowest BCUT2D eigenvalue weighted by Crippen LogP contribution is -2.11. The zero-order chi connectivity index (χ0) is 8.27. The van der Waals surface area contributed by atoms with E-state index in [0.717, 1.165) is 0 Å². The molecule has 66 valence electrons. The van der Waals surface area contributed by atoms with Gasteiger partial charge in [0.05, 0.1) is 5.56 Å². The molecule has 0 spiro atoms. The van der Waals surface area contributed by atoms with Gasteiger partial charge in [0, 0.05) is 12.4 Å². The minimum absolute atomic E-state index is 0. The van der Waals surface area contributed by atoms with E-state index in [1.165, 1.54) is 11.8 Å². The van der Waals surface area contributed by atoms with Crippen LogP contribution in [0.15, 0.2) is 17.6 Å². The molecule has 0 radical (unpaired) electrons. The van der Waals surface area contributed by atoms with Gasteiger partial charge >= 0.3 is 0 Å². The van der Waals surface area contributed by atoms with Gasteiger partial charge in [0.25, 0.3) is 0 Å². The predicted molar refractivity (Wildman–Crippen MR) is 52.1 cm³/mol. The second-order valence-corrected chi connectivity index (χ2v) is 2.65. The van der Waals surface area contributed by atoms with E-state index in [1.54, 1.807) is 12.4 Å². The van der Waals surface area contributed by atoms with Crippen molar-refractivity contribution >= 4 is 30.0 Å². The Labute approximate surface area is 80.9 Å². The van der Waals surface area contributed by atoms with Crippen LogP contribution in [0.5, 0.6) is 0 Å². The average molecular weight is 205 g/mol. The number of aromatic nitrogens is 2. The van der Waals surface area contributed by atoms with Gasteiger partial charge in [-0.1, -0.05) is 11.8 Å². The van der Waals surface area contributed by atoms with Gasteiger partial charge in [-0.2, -0.15) is 0 Å². The van der Waals surface area contributed by atoms with E-state index in [0.29, 0.717) is 10.7 Å². The van der Waals surface area contributed by atoms with E-state index in [1.807, 2.05) is 6.26 Å². The third-order valence-electron chi connectivity index (χ3n) is 1.12. The molecular weight excluding hydrogens is 196 g/mol. The zero-order valence-electron chi connectivity index (χ0n) is 6.44. The van der Waals surface area contributed by atoms with Crippen LogP contribution in [0.1, 0.15) is 5.56 Å². The number of nitrogens with one attached hydrogen (secondary N) is 1. The molecule has 4 nitrogen and oxygen atoms in total. The fourth-order valence-electron chi connectivity index (χ4n) is 0.561. The molecule has 1 rings (SSSR count). The number of halogens is 1. The maximum absolute atomic E-state index is 7.05. The van der Waals surface area contributed by atoms with Crippen molar-refractivity contribution in [2.24, 2.45) is 5.73 Å². The van der Waals surface area contributed by atoms with E-state index >= 15 is 0 Å². The van der Waals surface area contributed by atoms with Crippen LogP contribution < -0.4 is 5.73 Å². The lowest BCUT2D eigenvalue weighted by Gasteiger charge is -1.96. The Balaban J connectivity index is 0.00000121. The number of amidine groups is 1. The van der Waals surface area contributed by atoms with Gasteiger partial charge in [-0.25, -0.2) is 9.97 Å². The van der Waals surface area contributed by atoms with E-state index in [4.69, 9.17) is 11.1 Å². The highest BCUT2D eigenvalue weighted by Crippen LogP contribution is 2.06. The van der Waals surface area contributed by atoms with Crippen molar-refractivity contribution in [3.8, 4) is 0 Å². The van der Waals surface area contributed by atoms with Crippen molar-refractivity contribution in [3.05, 3.63) is 18.0 Å². The minimum atomic E-state index is -0.00217. The van der Waals surface area contributed by atoms with Gasteiger partial charge < -0.3 is 5.73 Å². The normalized spacial score (nSPS) is 8.75. The van der Waals surface area contributed by atoms with Gasteiger partial charge in [-0.15, -0.1) is 12.4 Å². The number of hydrogen-bond acceptors (Lipinski definition) is 4. The summed E-state index contributed by atoms with van der Waals surface area (Å²) >= 11 is 1.46. The van der Waals surface area contributed by atoms with Crippen molar-refractivity contribution in [2.75, 3.05) is 6.26 Å². The van der Waals surface area contributed by atoms with Gasteiger partial charge in [0.2, 0.25) is 0 Å². The molecule has 0 aliphatic carbocycles. The monoisotopic (exact) mass is 204 g/mol. The lowest BCUT2D eigenvalue weighted by atomic mass is 10.3. The number of nitrogens with zero attached hydrogens (tertiary/aromatic N) is 2. The smallest absolute Gasteiger partial charge is 0.187 e. The first-order chi connectivity index (χ1) is 5.24. The Kier molecular flexibility index (Phi) is 4.61. The standard InChI is InChI=1S/C6H8N4S.ClH/c1-11-6-9-2-4(3-10-6)5(7)8;/h2-3H,1H3,(H3,7,8);1H. The third-order valence-corrected chi connectivity index (χ3v) is 1.70. The first-order valence-electron chi connectivity index (χ1n) is 2.94. The number of nitrogens with two attached hydrogens (primary N) is 1. The number of rotatable bonds is 2. The van der Waals surface area contributed by atoms with Crippen molar-refractivity contribution in [1.82, 2.24) is 9.97 Å². The van der Waals surface area contributed by atoms with Crippen molar-refractivity contribution in [3.63, 3.8) is 0 Å². The minimum Gasteiger partial charge on any atom is -0.384 e. The maximum Gasteiger partial charge on any atom is 0.187 e. The number of nitrogen functional groups attached to an aromatic ring is 1. The van der Waals surface area contributed by atoms with Gasteiger partial charge in [0.1, 0.15) is 5.84 Å².